The van der Waals surface area contributed by atoms with Crippen LogP contribution in [0.2, 0.25) is 0 Å². The number of nitrogen functional groups attached to an aromatic ring is 1. The lowest BCUT2D eigenvalue weighted by molar-refractivity contribution is 0.0916. The molecule has 0 aromatic heterocycles. The first-order valence-corrected chi connectivity index (χ1v) is 5.08. The van der Waals surface area contributed by atoms with Gasteiger partial charge in [0.25, 0.3) is 0 Å². The van der Waals surface area contributed by atoms with Crippen LogP contribution in [-0.4, -0.2) is 5.78 Å². The lowest BCUT2D eigenvalue weighted by atomic mass is 9.95. The van der Waals surface area contributed by atoms with Crippen molar-refractivity contribution >= 4 is 11.5 Å². The quantitative estimate of drug-likeness (QED) is 0.586. The molecule has 0 amide bonds. The second-order valence-corrected chi connectivity index (χ2v) is 4.11. The minimum Gasteiger partial charge on any atom is -0.399 e. The van der Waals surface area contributed by atoms with Crippen molar-refractivity contribution in [1.29, 1.82) is 0 Å². The molecule has 1 atom stereocenters. The molecular weight excluding hydrogens is 174 g/mol. The Kier molecular flexibility index (Phi) is 2.28. The van der Waals surface area contributed by atoms with Gasteiger partial charge in [-0.1, -0.05) is 6.92 Å². The molecule has 1 unspecified atom stereocenters. The van der Waals surface area contributed by atoms with Crippen molar-refractivity contribution in [2.24, 2.45) is 11.8 Å². The number of hydrogen-bond acceptors (Lipinski definition) is 2. The Bertz CT molecular complexity index is 338. The Morgan fingerprint density at radius 1 is 1.36 bits per heavy atom. The van der Waals surface area contributed by atoms with Gasteiger partial charge >= 0.3 is 0 Å². The van der Waals surface area contributed by atoms with Gasteiger partial charge in [0.1, 0.15) is 0 Å². The molecule has 74 valence electrons. The van der Waals surface area contributed by atoms with E-state index in [1.807, 2.05) is 19.1 Å². The van der Waals surface area contributed by atoms with Crippen LogP contribution in [0.25, 0.3) is 0 Å². The molecule has 1 saturated carbocycles. The molecule has 0 saturated heterocycles. The van der Waals surface area contributed by atoms with Gasteiger partial charge in [-0.25, -0.2) is 0 Å². The topological polar surface area (TPSA) is 43.1 Å². The number of carbonyl (C=O) groups excluding carboxylic acids is 1. The predicted octanol–water partition coefficient (Wildman–Crippen LogP) is 2.50. The molecule has 0 aliphatic heterocycles. The van der Waals surface area contributed by atoms with Crippen LogP contribution in [0.3, 0.4) is 0 Å². The van der Waals surface area contributed by atoms with E-state index < -0.39 is 0 Å². The minimum atomic E-state index is 0.179. The molecule has 1 aromatic carbocycles. The van der Waals surface area contributed by atoms with Crippen LogP contribution < -0.4 is 5.73 Å². The average molecular weight is 189 g/mol. The molecule has 2 nitrogen and oxygen atoms in total. The number of nitrogens with two attached hydrogens (primary N) is 1. The molecule has 0 heterocycles. The van der Waals surface area contributed by atoms with Crippen molar-refractivity contribution in [1.82, 2.24) is 0 Å². The van der Waals surface area contributed by atoms with Gasteiger partial charge in [0.2, 0.25) is 0 Å². The SMILES string of the molecule is CC(C(=O)c1ccc(N)cc1)C1CC1. The average Bonchev–Trinajstić information content (AvgIpc) is 3.00. The molecule has 2 N–H and O–H groups in total. The summed E-state index contributed by atoms with van der Waals surface area (Å²) in [5.74, 6) is 1.06. The van der Waals surface area contributed by atoms with Crippen LogP contribution in [0, 0.1) is 11.8 Å². The van der Waals surface area contributed by atoms with E-state index in [-0.39, 0.29) is 11.7 Å². The summed E-state index contributed by atoms with van der Waals surface area (Å²) in [6.07, 6.45) is 2.42. The normalized spacial score (nSPS) is 17.8. The van der Waals surface area contributed by atoms with E-state index in [2.05, 4.69) is 0 Å². The zero-order valence-corrected chi connectivity index (χ0v) is 8.36. The summed E-state index contributed by atoms with van der Waals surface area (Å²) >= 11 is 0. The Morgan fingerprint density at radius 3 is 2.43 bits per heavy atom. The summed E-state index contributed by atoms with van der Waals surface area (Å²) in [7, 11) is 0. The number of anilines is 1. The number of ketones is 1. The summed E-state index contributed by atoms with van der Waals surface area (Å²) in [5.41, 5.74) is 7.06. The van der Waals surface area contributed by atoms with Crippen molar-refractivity contribution in [3.05, 3.63) is 29.8 Å². The number of rotatable bonds is 3. The first-order valence-electron chi connectivity index (χ1n) is 5.08. The number of Topliss-reactive ketones (excluding diaryl/α,β-unsaturated/α-hetero) is 1. The predicted molar refractivity (Wildman–Crippen MR) is 57.1 cm³/mol. The van der Waals surface area contributed by atoms with Crippen molar-refractivity contribution in [3.63, 3.8) is 0 Å². The summed E-state index contributed by atoms with van der Waals surface area (Å²) in [6.45, 7) is 2.02. The smallest absolute Gasteiger partial charge is 0.165 e. The van der Waals surface area contributed by atoms with Crippen LogP contribution in [0.4, 0.5) is 5.69 Å². The summed E-state index contributed by atoms with van der Waals surface area (Å²) in [6, 6.07) is 7.20. The Balaban J connectivity index is 2.13. The molecular formula is C12H15NO. The number of carbonyl (C=O) groups is 1. The van der Waals surface area contributed by atoms with E-state index >= 15 is 0 Å². The first kappa shape index (κ1) is 9.25. The van der Waals surface area contributed by atoms with Crippen LogP contribution in [0.15, 0.2) is 24.3 Å². The molecule has 2 rings (SSSR count). The number of benzene rings is 1. The molecule has 1 fully saturated rings. The van der Waals surface area contributed by atoms with E-state index in [9.17, 15) is 4.79 Å². The Morgan fingerprint density at radius 2 is 1.93 bits per heavy atom. The zero-order valence-electron chi connectivity index (χ0n) is 8.36. The molecule has 0 bridgehead atoms. The monoisotopic (exact) mass is 189 g/mol. The third-order valence-corrected chi connectivity index (χ3v) is 2.94. The molecule has 0 radical (unpaired) electrons. The van der Waals surface area contributed by atoms with Gasteiger partial charge < -0.3 is 5.73 Å². The maximum atomic E-state index is 11.9. The van der Waals surface area contributed by atoms with E-state index in [1.54, 1.807) is 12.1 Å². The van der Waals surface area contributed by atoms with Gasteiger partial charge in [0.05, 0.1) is 0 Å². The highest BCUT2D eigenvalue weighted by Crippen LogP contribution is 2.38. The zero-order chi connectivity index (χ0) is 10.1. The van der Waals surface area contributed by atoms with Crippen molar-refractivity contribution < 1.29 is 4.79 Å². The molecule has 14 heavy (non-hydrogen) atoms. The summed E-state index contributed by atoms with van der Waals surface area (Å²) in [4.78, 5) is 11.9. The standard InChI is InChI=1S/C12H15NO/c1-8(9-2-3-9)12(14)10-4-6-11(13)7-5-10/h4-9H,2-3,13H2,1H3. The minimum absolute atomic E-state index is 0.179. The molecule has 1 aliphatic carbocycles. The second kappa shape index (κ2) is 3.45. The van der Waals surface area contributed by atoms with Crippen molar-refractivity contribution in [3.8, 4) is 0 Å². The fourth-order valence-corrected chi connectivity index (χ4v) is 1.72. The van der Waals surface area contributed by atoms with Gasteiger partial charge in [-0.15, -0.1) is 0 Å². The highest BCUT2D eigenvalue weighted by atomic mass is 16.1. The van der Waals surface area contributed by atoms with E-state index in [0.29, 0.717) is 11.6 Å². The molecule has 1 aromatic rings. The Labute approximate surface area is 84.1 Å². The maximum absolute atomic E-state index is 11.9. The van der Waals surface area contributed by atoms with Gasteiger partial charge in [-0.3, -0.25) is 4.79 Å². The van der Waals surface area contributed by atoms with Crippen molar-refractivity contribution in [2.45, 2.75) is 19.8 Å². The second-order valence-electron chi connectivity index (χ2n) is 4.11. The fourth-order valence-electron chi connectivity index (χ4n) is 1.72. The van der Waals surface area contributed by atoms with Crippen LogP contribution in [0.1, 0.15) is 30.1 Å². The van der Waals surface area contributed by atoms with E-state index in [1.165, 1.54) is 12.8 Å². The van der Waals surface area contributed by atoms with Gasteiger partial charge in [-0.05, 0) is 43.0 Å². The van der Waals surface area contributed by atoms with Crippen LogP contribution >= 0.6 is 0 Å². The fraction of sp³-hybridized carbons (Fsp3) is 0.417. The first-order chi connectivity index (χ1) is 6.68. The van der Waals surface area contributed by atoms with Gasteiger partial charge in [0, 0.05) is 17.2 Å². The van der Waals surface area contributed by atoms with E-state index in [0.717, 1.165) is 5.56 Å². The lowest BCUT2D eigenvalue weighted by Crippen LogP contribution is -2.13. The summed E-state index contributed by atoms with van der Waals surface area (Å²) in [5, 5.41) is 0. The van der Waals surface area contributed by atoms with Gasteiger partial charge in [-0.2, -0.15) is 0 Å². The molecule has 2 heteroatoms. The van der Waals surface area contributed by atoms with Crippen molar-refractivity contribution in [2.75, 3.05) is 5.73 Å². The summed E-state index contributed by atoms with van der Waals surface area (Å²) < 4.78 is 0. The third-order valence-electron chi connectivity index (χ3n) is 2.94. The highest BCUT2D eigenvalue weighted by Gasteiger charge is 2.32. The molecule has 0 spiro atoms. The van der Waals surface area contributed by atoms with Crippen LogP contribution in [-0.2, 0) is 0 Å². The molecule has 1 aliphatic rings. The number of hydrogen-bond donors (Lipinski definition) is 1. The largest absolute Gasteiger partial charge is 0.399 e. The van der Waals surface area contributed by atoms with Crippen LogP contribution in [0.5, 0.6) is 0 Å². The third kappa shape index (κ3) is 1.79. The lowest BCUT2D eigenvalue weighted by Gasteiger charge is -2.08. The Hall–Kier alpha value is -1.31. The highest BCUT2D eigenvalue weighted by molar-refractivity contribution is 5.98. The van der Waals surface area contributed by atoms with E-state index in [4.69, 9.17) is 5.73 Å². The van der Waals surface area contributed by atoms with Gasteiger partial charge in [0.15, 0.2) is 5.78 Å². The maximum Gasteiger partial charge on any atom is 0.165 e.